The number of ether oxygens (including phenoxy) is 1. The molecule has 2 amide bonds. The van der Waals surface area contributed by atoms with E-state index in [1.165, 1.54) is 0 Å². The first kappa shape index (κ1) is 38.8. The van der Waals surface area contributed by atoms with Crippen molar-refractivity contribution >= 4 is 62.9 Å². The lowest BCUT2D eigenvalue weighted by molar-refractivity contribution is -0.671. The maximum atomic E-state index is 13.2. The van der Waals surface area contributed by atoms with Gasteiger partial charge >= 0.3 is 6.18 Å². The lowest BCUT2D eigenvalue weighted by Gasteiger charge is -2.26. The fourth-order valence-electron chi connectivity index (χ4n) is 5.21. The first-order chi connectivity index (χ1) is 24.1. The summed E-state index contributed by atoms with van der Waals surface area (Å²) in [6, 6.07) is 13.1. The molecule has 0 unspecified atom stereocenters. The van der Waals surface area contributed by atoms with E-state index in [1.807, 2.05) is 43.3 Å². The number of nitrogens with two attached hydrogens (primary N) is 2. The molecule has 4 aromatic rings. The summed E-state index contributed by atoms with van der Waals surface area (Å²) in [7, 11) is -0.882. The highest BCUT2D eigenvalue weighted by Gasteiger charge is 2.29. The van der Waals surface area contributed by atoms with Crippen molar-refractivity contribution in [3.8, 4) is 5.75 Å². The third kappa shape index (κ3) is 9.62. The van der Waals surface area contributed by atoms with Gasteiger partial charge in [-0.25, -0.2) is 19.1 Å². The summed E-state index contributed by atoms with van der Waals surface area (Å²) >= 11 is 6.00. The molecule has 2 aromatic heterocycles. The Morgan fingerprint density at radius 1 is 1.12 bits per heavy atom. The minimum atomic E-state index is -5.19. The van der Waals surface area contributed by atoms with Crippen LogP contribution in [0.25, 0.3) is 11.0 Å². The van der Waals surface area contributed by atoms with Crippen LogP contribution in [0.5, 0.6) is 5.75 Å². The van der Waals surface area contributed by atoms with Crippen LogP contribution in [0.1, 0.15) is 39.2 Å². The normalized spacial score (nSPS) is 13.4. The van der Waals surface area contributed by atoms with Crippen molar-refractivity contribution in [2.24, 2.45) is 0 Å². The number of carboxylic acids is 1. The summed E-state index contributed by atoms with van der Waals surface area (Å²) in [6.45, 7) is 4.03. The molecule has 0 spiro atoms. The Labute approximate surface area is 296 Å². The molecule has 6 N–H and O–H groups in total. The van der Waals surface area contributed by atoms with Gasteiger partial charge in [0.05, 0.1) is 13.2 Å². The van der Waals surface area contributed by atoms with E-state index in [4.69, 9.17) is 37.7 Å². The Balaban J connectivity index is 0.000000755. The molecule has 0 atom stereocenters. The molecule has 1 aliphatic rings. The molecule has 20 heteroatoms. The van der Waals surface area contributed by atoms with Crippen LogP contribution in [0.2, 0.25) is 5.15 Å². The summed E-state index contributed by atoms with van der Waals surface area (Å²) in [6.07, 6.45) is -5.19. The van der Waals surface area contributed by atoms with Crippen LogP contribution in [-0.4, -0.2) is 90.5 Å². The number of amides is 2. The predicted molar refractivity (Wildman–Crippen MR) is 178 cm³/mol. The number of aliphatic carboxylic acids is 1. The van der Waals surface area contributed by atoms with Crippen LogP contribution in [0.4, 0.5) is 24.8 Å². The van der Waals surface area contributed by atoms with E-state index in [-0.39, 0.29) is 48.1 Å². The van der Waals surface area contributed by atoms with Gasteiger partial charge in [0.1, 0.15) is 31.4 Å². The summed E-state index contributed by atoms with van der Waals surface area (Å²) in [5, 5.41) is 20.8. The molecule has 0 bridgehead atoms. The van der Waals surface area contributed by atoms with Gasteiger partial charge in [0.25, 0.3) is 17.6 Å². The van der Waals surface area contributed by atoms with Crippen molar-refractivity contribution in [1.82, 2.24) is 24.8 Å². The van der Waals surface area contributed by atoms with E-state index < -0.39 is 28.9 Å². The van der Waals surface area contributed by atoms with E-state index in [0.717, 1.165) is 22.4 Å². The number of anilines is 2. The van der Waals surface area contributed by atoms with Crippen molar-refractivity contribution in [3.05, 3.63) is 70.3 Å². The van der Waals surface area contributed by atoms with Crippen molar-refractivity contribution in [1.29, 1.82) is 0 Å². The number of hydrogen-bond donors (Lipinski definition) is 4. The first-order valence-corrected chi connectivity index (χ1v) is 17.2. The molecule has 274 valence electrons. The highest BCUT2D eigenvalue weighted by Crippen LogP contribution is 2.23. The molecular weight excluding hydrogens is 721 g/mol. The smallest absolute Gasteiger partial charge is 0.430 e. The molecular formula is C31H34ClF3N8O7S. The SMILES string of the molecule is CCn1c(CNC(=O)c2nc(Cl)c(N)nc2N)[n+](Cc2cccc(C(=O)N3CCS(=O)CC3)c2)c2ccc(OCCO)cc21.O=C([O-])C(F)(F)F. The number of carbonyl (C=O) groups is 3. The number of carboxylic acid groups (broad SMARTS) is 1. The zero-order valence-corrected chi connectivity index (χ0v) is 28.7. The molecule has 1 saturated heterocycles. The number of carbonyl (C=O) groups excluding carboxylic acids is 3. The number of aromatic nitrogens is 4. The number of aliphatic hydroxyl groups is 1. The molecule has 1 aliphatic heterocycles. The number of nitrogens with one attached hydrogen (secondary N) is 1. The van der Waals surface area contributed by atoms with Gasteiger partial charge in [0, 0.05) is 47.0 Å². The number of nitrogens with zero attached hydrogens (tertiary/aromatic N) is 5. The number of hydrogen-bond acceptors (Lipinski definition) is 11. The van der Waals surface area contributed by atoms with Crippen LogP contribution >= 0.6 is 11.6 Å². The second-order valence-corrected chi connectivity index (χ2v) is 13.0. The standard InChI is InChI=1S/C29H33ClN8O5S.C2HF3O2/c1-2-37-22-15-20(43-11-10-39)6-7-21(22)38(23(37)16-33-28(40)24-26(31)35-27(32)25(30)34-24)17-18-4-3-5-19(14-18)29(41)36-8-12-44(42)13-9-36;3-2(4,5)1(6)7/h3-7,14-15,39H,2,8-13,16-17H2,1H3,(H4-,31,32,33,35,40);(H,6,7). The topological polar surface area (TPSA) is 223 Å². The van der Waals surface area contributed by atoms with Crippen LogP contribution in [0.15, 0.2) is 42.5 Å². The molecule has 0 aliphatic carbocycles. The summed E-state index contributed by atoms with van der Waals surface area (Å²) in [4.78, 5) is 44.8. The Morgan fingerprint density at radius 2 is 1.80 bits per heavy atom. The molecule has 1 fully saturated rings. The predicted octanol–water partition coefficient (Wildman–Crippen LogP) is 0.409. The largest absolute Gasteiger partial charge is 0.542 e. The lowest BCUT2D eigenvalue weighted by atomic mass is 10.1. The molecule has 5 rings (SSSR count). The summed E-state index contributed by atoms with van der Waals surface area (Å²) in [5.41, 5.74) is 14.6. The molecule has 3 heterocycles. The van der Waals surface area contributed by atoms with Gasteiger partial charge in [0.15, 0.2) is 33.5 Å². The van der Waals surface area contributed by atoms with Crippen LogP contribution in [0, 0.1) is 0 Å². The maximum Gasteiger partial charge on any atom is 0.430 e. The Bertz CT molecular complexity index is 1950. The average molecular weight is 755 g/mol. The number of halogens is 4. The van der Waals surface area contributed by atoms with Crippen molar-refractivity contribution in [3.63, 3.8) is 0 Å². The van der Waals surface area contributed by atoms with E-state index in [0.29, 0.717) is 49.0 Å². The molecule has 0 radical (unpaired) electrons. The van der Waals surface area contributed by atoms with Gasteiger partial charge in [0.2, 0.25) is 0 Å². The van der Waals surface area contributed by atoms with Crippen LogP contribution in [-0.2, 0) is 35.2 Å². The quantitative estimate of drug-likeness (QED) is 0.162. The van der Waals surface area contributed by atoms with E-state index in [2.05, 4.69) is 24.4 Å². The molecule has 51 heavy (non-hydrogen) atoms. The molecule has 15 nitrogen and oxygen atoms in total. The lowest BCUT2D eigenvalue weighted by Crippen LogP contribution is -2.42. The van der Waals surface area contributed by atoms with Gasteiger partial charge in [-0.3, -0.25) is 13.8 Å². The van der Waals surface area contributed by atoms with E-state index >= 15 is 0 Å². The zero-order valence-electron chi connectivity index (χ0n) is 27.1. The number of aliphatic hydroxyl groups excluding tert-OH is 1. The second-order valence-electron chi connectivity index (χ2n) is 10.9. The van der Waals surface area contributed by atoms with Gasteiger partial charge in [-0.15, -0.1) is 0 Å². The van der Waals surface area contributed by atoms with Gasteiger partial charge in [-0.1, -0.05) is 23.7 Å². The summed E-state index contributed by atoms with van der Waals surface area (Å²) in [5.74, 6) is -1.56. The van der Waals surface area contributed by atoms with E-state index in [9.17, 15) is 32.1 Å². The molecule has 2 aromatic carbocycles. The van der Waals surface area contributed by atoms with Crippen LogP contribution in [0.3, 0.4) is 0 Å². The van der Waals surface area contributed by atoms with Crippen LogP contribution < -0.4 is 31.2 Å². The Morgan fingerprint density at radius 3 is 2.43 bits per heavy atom. The second kappa shape index (κ2) is 16.8. The highest BCUT2D eigenvalue weighted by molar-refractivity contribution is 7.85. The number of imidazole rings is 1. The Hall–Kier alpha value is -5.01. The van der Waals surface area contributed by atoms with Gasteiger partial charge in [-0.05, 0) is 36.8 Å². The number of nitrogen functional groups attached to an aromatic ring is 2. The number of rotatable bonds is 10. The highest BCUT2D eigenvalue weighted by atomic mass is 35.5. The van der Waals surface area contributed by atoms with E-state index in [1.54, 1.807) is 11.0 Å². The minimum absolute atomic E-state index is 0.0696. The number of benzene rings is 2. The monoisotopic (exact) mass is 754 g/mol. The number of alkyl halides is 3. The van der Waals surface area contributed by atoms with Gasteiger partial charge in [-0.2, -0.15) is 13.2 Å². The summed E-state index contributed by atoms with van der Waals surface area (Å²) < 4.78 is 53.1. The fraction of sp³-hybridized carbons (Fsp3) is 0.355. The molecule has 0 saturated carbocycles. The number of aryl methyl sites for hydroxylation is 1. The fourth-order valence-corrected chi connectivity index (χ4v) is 6.38. The Kier molecular flexibility index (Phi) is 12.8. The zero-order chi connectivity index (χ0) is 37.5. The average Bonchev–Trinajstić information content (AvgIpc) is 3.38. The first-order valence-electron chi connectivity index (χ1n) is 15.3. The van der Waals surface area contributed by atoms with Crippen molar-refractivity contribution in [2.75, 3.05) is 49.3 Å². The third-order valence-corrected chi connectivity index (χ3v) is 9.12. The van der Waals surface area contributed by atoms with Gasteiger partial charge < -0.3 is 41.4 Å². The van der Waals surface area contributed by atoms with Crippen molar-refractivity contribution < 1.29 is 51.3 Å². The number of fused-ring (bicyclic) bond motifs is 1. The van der Waals surface area contributed by atoms with Crippen molar-refractivity contribution in [2.45, 2.75) is 32.7 Å². The maximum absolute atomic E-state index is 13.2. The third-order valence-electron chi connectivity index (χ3n) is 7.57. The minimum Gasteiger partial charge on any atom is -0.542 e.